The zero-order valence-electron chi connectivity index (χ0n) is 11.6. The van der Waals surface area contributed by atoms with E-state index in [4.69, 9.17) is 0 Å². The Bertz CT molecular complexity index is 646. The van der Waals surface area contributed by atoms with E-state index in [1.165, 1.54) is 4.57 Å². The minimum absolute atomic E-state index is 0.0134. The number of aromatic nitrogens is 1. The van der Waals surface area contributed by atoms with E-state index < -0.39 is 5.97 Å². The van der Waals surface area contributed by atoms with E-state index in [0.29, 0.717) is 0 Å². The highest BCUT2D eigenvalue weighted by atomic mass is 16.4. The molecule has 2 aromatic rings. The van der Waals surface area contributed by atoms with Gasteiger partial charge in [0.1, 0.15) is 12.2 Å². The van der Waals surface area contributed by atoms with Gasteiger partial charge in [-0.3, -0.25) is 4.79 Å². The van der Waals surface area contributed by atoms with E-state index >= 15 is 0 Å². The average Bonchev–Trinajstić information content (AvgIpc) is 2.78. The zero-order valence-corrected chi connectivity index (χ0v) is 11.6. The quantitative estimate of drug-likeness (QED) is 0.878. The van der Waals surface area contributed by atoms with Crippen LogP contribution in [0.4, 0.5) is 0 Å². The lowest BCUT2D eigenvalue weighted by atomic mass is 10.2. The number of hydrogen-bond donors (Lipinski definition) is 2. The minimum atomic E-state index is -1.03. The predicted octanol–water partition coefficient (Wildman–Crippen LogP) is 2.25. The van der Waals surface area contributed by atoms with Gasteiger partial charge in [-0.2, -0.15) is 0 Å². The first kappa shape index (κ1) is 14.1. The Morgan fingerprint density at radius 1 is 1.35 bits per heavy atom. The van der Waals surface area contributed by atoms with E-state index in [1.807, 2.05) is 38.1 Å². The molecule has 1 heterocycles. The summed E-state index contributed by atoms with van der Waals surface area (Å²) in [6, 6.07) is 9.00. The monoisotopic (exact) mass is 274 g/mol. The molecule has 1 aromatic heterocycles. The summed E-state index contributed by atoms with van der Waals surface area (Å²) in [6.45, 7) is 3.92. The summed E-state index contributed by atoms with van der Waals surface area (Å²) in [6.07, 6.45) is 0.837. The number of aromatic carboxylic acids is 1. The van der Waals surface area contributed by atoms with Crippen LogP contribution in [0.2, 0.25) is 0 Å². The van der Waals surface area contributed by atoms with Gasteiger partial charge in [-0.25, -0.2) is 4.79 Å². The van der Waals surface area contributed by atoms with E-state index in [1.54, 1.807) is 6.07 Å². The van der Waals surface area contributed by atoms with Crippen molar-refractivity contribution >= 4 is 22.8 Å². The third-order valence-electron chi connectivity index (χ3n) is 3.35. The first-order valence-corrected chi connectivity index (χ1v) is 6.63. The third kappa shape index (κ3) is 2.82. The minimum Gasteiger partial charge on any atom is -0.477 e. The summed E-state index contributed by atoms with van der Waals surface area (Å²) in [7, 11) is 0. The molecule has 0 aliphatic heterocycles. The van der Waals surface area contributed by atoms with Crippen LogP contribution in [0.1, 0.15) is 30.8 Å². The first-order valence-electron chi connectivity index (χ1n) is 6.63. The number of rotatable bonds is 5. The molecule has 20 heavy (non-hydrogen) atoms. The second-order valence-electron chi connectivity index (χ2n) is 4.86. The molecule has 0 saturated carbocycles. The number of nitrogens with zero attached hydrogens (tertiary/aromatic N) is 1. The Hall–Kier alpha value is -2.30. The molecule has 5 heteroatoms. The molecule has 106 valence electrons. The van der Waals surface area contributed by atoms with Crippen molar-refractivity contribution in [3.05, 3.63) is 36.0 Å². The zero-order chi connectivity index (χ0) is 14.7. The smallest absolute Gasteiger partial charge is 0.352 e. The first-order chi connectivity index (χ1) is 9.52. The number of para-hydroxylation sites is 1. The van der Waals surface area contributed by atoms with Crippen molar-refractivity contribution in [2.45, 2.75) is 32.9 Å². The lowest BCUT2D eigenvalue weighted by Crippen LogP contribution is -2.35. The van der Waals surface area contributed by atoms with E-state index in [0.717, 1.165) is 17.3 Å². The van der Waals surface area contributed by atoms with Crippen LogP contribution in [0.3, 0.4) is 0 Å². The van der Waals surface area contributed by atoms with E-state index in [9.17, 15) is 14.7 Å². The molecule has 0 aliphatic rings. The Morgan fingerprint density at radius 3 is 2.70 bits per heavy atom. The summed E-state index contributed by atoms with van der Waals surface area (Å²) in [5, 5.41) is 12.9. The van der Waals surface area contributed by atoms with Gasteiger partial charge in [-0.15, -0.1) is 0 Å². The van der Waals surface area contributed by atoms with Gasteiger partial charge in [0.2, 0.25) is 5.91 Å². The fourth-order valence-corrected chi connectivity index (χ4v) is 2.12. The molecule has 0 fully saturated rings. The molecule has 0 bridgehead atoms. The Balaban J connectivity index is 2.34. The summed E-state index contributed by atoms with van der Waals surface area (Å²) < 4.78 is 1.54. The fourth-order valence-electron chi connectivity index (χ4n) is 2.12. The Labute approximate surface area is 117 Å². The highest BCUT2D eigenvalue weighted by molar-refractivity contribution is 5.95. The van der Waals surface area contributed by atoms with Crippen LogP contribution in [0.25, 0.3) is 10.9 Å². The van der Waals surface area contributed by atoms with E-state index in [-0.39, 0.29) is 24.2 Å². The van der Waals surface area contributed by atoms with Crippen molar-refractivity contribution in [1.29, 1.82) is 0 Å². The number of carboxylic acid groups (broad SMARTS) is 1. The molecule has 0 radical (unpaired) electrons. The number of benzene rings is 1. The highest BCUT2D eigenvalue weighted by Gasteiger charge is 2.17. The van der Waals surface area contributed by atoms with Crippen molar-refractivity contribution in [2.24, 2.45) is 0 Å². The molecule has 1 atom stereocenters. The lowest BCUT2D eigenvalue weighted by molar-refractivity contribution is -0.122. The number of carbonyl (C=O) groups is 2. The Morgan fingerprint density at radius 2 is 2.05 bits per heavy atom. The normalized spacial score (nSPS) is 12.3. The second-order valence-corrected chi connectivity index (χ2v) is 4.86. The maximum Gasteiger partial charge on any atom is 0.352 e. The van der Waals surface area contributed by atoms with Crippen molar-refractivity contribution in [2.75, 3.05) is 0 Å². The summed E-state index contributed by atoms with van der Waals surface area (Å²) in [4.78, 5) is 23.3. The van der Waals surface area contributed by atoms with Crippen LogP contribution in [0, 0.1) is 0 Å². The molecular formula is C15H18N2O3. The number of carboxylic acids is 1. The van der Waals surface area contributed by atoms with Gasteiger partial charge in [0.05, 0.1) is 0 Å². The molecule has 1 unspecified atom stereocenters. The second kappa shape index (κ2) is 5.77. The lowest BCUT2D eigenvalue weighted by Gasteiger charge is -2.13. The van der Waals surface area contributed by atoms with Crippen LogP contribution in [0.15, 0.2) is 30.3 Å². The van der Waals surface area contributed by atoms with Gasteiger partial charge in [0, 0.05) is 16.9 Å². The molecule has 2 N–H and O–H groups in total. The number of fused-ring (bicyclic) bond motifs is 1. The molecule has 5 nitrogen and oxygen atoms in total. The van der Waals surface area contributed by atoms with Gasteiger partial charge < -0.3 is 15.0 Å². The van der Waals surface area contributed by atoms with Crippen LogP contribution < -0.4 is 5.32 Å². The highest BCUT2D eigenvalue weighted by Crippen LogP contribution is 2.19. The SMILES string of the molecule is CCC(C)NC(=O)Cn1c(C(=O)O)cc2ccccc21. The van der Waals surface area contributed by atoms with Crippen LogP contribution >= 0.6 is 0 Å². The summed E-state index contributed by atoms with van der Waals surface area (Å²) >= 11 is 0. The molecule has 1 aromatic carbocycles. The molecule has 2 rings (SSSR count). The van der Waals surface area contributed by atoms with Crippen molar-refractivity contribution < 1.29 is 14.7 Å². The molecule has 0 spiro atoms. The maximum atomic E-state index is 12.0. The third-order valence-corrected chi connectivity index (χ3v) is 3.35. The van der Waals surface area contributed by atoms with Gasteiger partial charge in [-0.1, -0.05) is 25.1 Å². The van der Waals surface area contributed by atoms with Gasteiger partial charge in [0.15, 0.2) is 0 Å². The molecular weight excluding hydrogens is 256 g/mol. The van der Waals surface area contributed by atoms with Crippen molar-refractivity contribution in [3.8, 4) is 0 Å². The molecule has 0 saturated heterocycles. The number of nitrogens with one attached hydrogen (secondary N) is 1. The molecule has 0 aliphatic carbocycles. The Kier molecular flexibility index (Phi) is 4.08. The predicted molar refractivity (Wildman–Crippen MR) is 76.8 cm³/mol. The fraction of sp³-hybridized carbons (Fsp3) is 0.333. The van der Waals surface area contributed by atoms with Crippen LogP contribution in [0.5, 0.6) is 0 Å². The van der Waals surface area contributed by atoms with Crippen LogP contribution in [-0.2, 0) is 11.3 Å². The largest absolute Gasteiger partial charge is 0.477 e. The molecule has 1 amide bonds. The number of carbonyl (C=O) groups excluding carboxylic acids is 1. The van der Waals surface area contributed by atoms with Gasteiger partial charge in [-0.05, 0) is 25.5 Å². The van der Waals surface area contributed by atoms with Crippen LogP contribution in [-0.4, -0.2) is 27.6 Å². The van der Waals surface area contributed by atoms with Gasteiger partial charge >= 0.3 is 5.97 Å². The summed E-state index contributed by atoms with van der Waals surface area (Å²) in [5.74, 6) is -1.21. The topological polar surface area (TPSA) is 71.3 Å². The average molecular weight is 274 g/mol. The van der Waals surface area contributed by atoms with Gasteiger partial charge in [0.25, 0.3) is 0 Å². The standard InChI is InChI=1S/C15H18N2O3/c1-3-10(2)16-14(18)9-17-12-7-5-4-6-11(12)8-13(17)15(19)20/h4-8,10H,3,9H2,1-2H3,(H,16,18)(H,19,20). The maximum absolute atomic E-state index is 12.0. The number of hydrogen-bond acceptors (Lipinski definition) is 2. The van der Waals surface area contributed by atoms with Crippen molar-refractivity contribution in [3.63, 3.8) is 0 Å². The van der Waals surface area contributed by atoms with Crippen molar-refractivity contribution in [1.82, 2.24) is 9.88 Å². The van der Waals surface area contributed by atoms with E-state index in [2.05, 4.69) is 5.32 Å². The number of amides is 1. The summed E-state index contributed by atoms with van der Waals surface area (Å²) in [5.41, 5.74) is 0.884.